The van der Waals surface area contributed by atoms with Crippen molar-refractivity contribution in [3.63, 3.8) is 0 Å². The number of hydrogen-bond donors (Lipinski definition) is 8. The van der Waals surface area contributed by atoms with Gasteiger partial charge in [0.05, 0.1) is 36.0 Å². The first-order chi connectivity index (χ1) is 32.0. The molecular formula is C47H80Cl4Mn2N10OS2. The van der Waals surface area contributed by atoms with Crippen molar-refractivity contribution in [2.45, 2.75) is 194 Å². The summed E-state index contributed by atoms with van der Waals surface area (Å²) >= 11 is 3.83. The topological polar surface area (TPSA) is 131 Å². The van der Waals surface area contributed by atoms with Gasteiger partial charge in [0, 0.05) is 122 Å². The molecule has 4 heterocycles. The normalized spacial score (nSPS) is 28.9. The fraction of sp³-hybridized carbons (Fsp3) is 0.787. The summed E-state index contributed by atoms with van der Waals surface area (Å²) in [4.78, 5) is 13.0. The molecule has 0 saturated heterocycles. The Labute approximate surface area is 436 Å². The molecule has 378 valence electrons. The first kappa shape index (κ1) is 57.7. The third-order valence-electron chi connectivity index (χ3n) is 13.9. The number of pyridine rings is 2. The number of fused-ring (bicyclic) bond motifs is 8. The molecule has 0 amide bonds. The molecule has 4 aliphatic carbocycles. The van der Waals surface area contributed by atoms with Gasteiger partial charge in [-0.3, -0.25) is 9.97 Å². The van der Waals surface area contributed by atoms with E-state index in [-0.39, 0.29) is 33.7 Å². The second-order valence-electron chi connectivity index (χ2n) is 18.3. The molecule has 19 heteroatoms. The van der Waals surface area contributed by atoms with Crippen LogP contribution < -0.4 is 42.5 Å². The van der Waals surface area contributed by atoms with Crippen molar-refractivity contribution < 1.29 is 31.0 Å². The molecule has 2 aromatic rings. The second-order valence-corrected chi connectivity index (χ2v) is 24.6. The molecule has 0 radical (unpaired) electrons. The molecule has 8 rings (SSSR count). The summed E-state index contributed by atoms with van der Waals surface area (Å²) < 4.78 is 6.26. The molecule has 2 aliphatic heterocycles. The van der Waals surface area contributed by atoms with Gasteiger partial charge in [-0.15, -0.1) is 23.5 Å². The van der Waals surface area contributed by atoms with Crippen molar-refractivity contribution in [3.8, 4) is 0 Å². The molecular weight excluding hydrogens is 1040 g/mol. The molecule has 8 N–H and O–H groups in total. The van der Waals surface area contributed by atoms with E-state index in [4.69, 9.17) is 55.1 Å². The van der Waals surface area contributed by atoms with Gasteiger partial charge in [0.1, 0.15) is 0 Å². The average Bonchev–Trinajstić information content (AvgIpc) is 3.33. The van der Waals surface area contributed by atoms with E-state index in [0.717, 1.165) is 99.9 Å². The summed E-state index contributed by atoms with van der Waals surface area (Å²) in [5.41, 5.74) is 4.64. The van der Waals surface area contributed by atoms with Gasteiger partial charge in [-0.05, 0) is 75.6 Å². The van der Waals surface area contributed by atoms with E-state index in [1.165, 1.54) is 113 Å². The van der Waals surface area contributed by atoms with E-state index in [0.29, 0.717) is 48.3 Å². The van der Waals surface area contributed by atoms with Crippen LogP contribution in [0.4, 0.5) is 0 Å². The van der Waals surface area contributed by atoms with E-state index in [2.05, 4.69) is 66.8 Å². The SMILES string of the molecule is C.[Cl][Mn][Cl].[Cl][Mn][Cl].c1c(SCCOCCSc2cc3nc(c2)CN[C@@H]2CCCC[C@H]2NCCN[C@@H]2CCCC[C@H]2NC3)cc2nc1CN[C@@H]1CCCC[C@H]1NCCN[C@@H]1CCCC[C@H]1NC2. The van der Waals surface area contributed by atoms with Crippen LogP contribution >= 0.6 is 63.9 Å². The van der Waals surface area contributed by atoms with Crippen LogP contribution in [-0.4, -0.2) is 109 Å². The maximum Gasteiger partial charge on any atom is 0.0560 e. The van der Waals surface area contributed by atoms with E-state index in [9.17, 15) is 0 Å². The van der Waals surface area contributed by atoms with Gasteiger partial charge < -0.3 is 47.3 Å². The van der Waals surface area contributed by atoms with Gasteiger partial charge in [0.25, 0.3) is 0 Å². The monoisotopic (exact) mass is 1110 g/mol. The van der Waals surface area contributed by atoms with Gasteiger partial charge in [-0.2, -0.15) is 0 Å². The van der Waals surface area contributed by atoms with Crippen LogP contribution in [0.15, 0.2) is 34.1 Å². The van der Waals surface area contributed by atoms with E-state index in [1.807, 2.05) is 23.5 Å². The molecule has 8 atom stereocenters. The van der Waals surface area contributed by atoms with Gasteiger partial charge in [0.15, 0.2) is 0 Å². The smallest absolute Gasteiger partial charge is 0.0560 e. The number of aromatic nitrogens is 2. The largest absolute Gasteiger partial charge is 0.380 e. The quantitative estimate of drug-likeness (QED) is 0.0730. The first-order valence-corrected chi connectivity index (χ1v) is 33.0. The Morgan fingerprint density at radius 2 is 0.652 bits per heavy atom. The molecule has 4 fully saturated rings. The zero-order valence-electron chi connectivity index (χ0n) is 38.1. The summed E-state index contributed by atoms with van der Waals surface area (Å²) in [5.74, 6) is 1.87. The van der Waals surface area contributed by atoms with Crippen LogP contribution in [0, 0.1) is 0 Å². The maximum absolute atomic E-state index is 6.26. The van der Waals surface area contributed by atoms with Crippen LogP contribution in [0.2, 0.25) is 0 Å². The van der Waals surface area contributed by atoms with Crippen LogP contribution in [0.1, 0.15) is 133 Å². The van der Waals surface area contributed by atoms with Crippen LogP contribution in [0.25, 0.3) is 0 Å². The number of thioether (sulfide) groups is 2. The molecule has 4 bridgehead atoms. The van der Waals surface area contributed by atoms with E-state index < -0.39 is 0 Å². The van der Waals surface area contributed by atoms with Crippen LogP contribution in [0.5, 0.6) is 0 Å². The third-order valence-corrected chi connectivity index (χ3v) is 15.8. The summed E-state index contributed by atoms with van der Waals surface area (Å²) in [7, 11) is 19.2. The number of rotatable bonds is 8. The van der Waals surface area contributed by atoms with Gasteiger partial charge in [-0.25, -0.2) is 0 Å². The molecule has 2 aromatic heterocycles. The zero-order valence-corrected chi connectivity index (χ0v) is 45.1. The minimum Gasteiger partial charge on any atom is -0.380 e. The maximum atomic E-state index is 6.26. The number of halogens is 4. The van der Waals surface area contributed by atoms with Crippen molar-refractivity contribution in [2.75, 3.05) is 50.9 Å². The second kappa shape index (κ2) is 34.3. The Balaban J connectivity index is 0.00000111. The fourth-order valence-corrected chi connectivity index (χ4v) is 12.5. The Kier molecular flexibility index (Phi) is 30.0. The Bertz CT molecular complexity index is 1410. The molecule has 4 saturated carbocycles. The standard InChI is InChI=1S/C46H76N10OS2.CH4.4ClH.2Mn/c1-5-13-43-39(9-1)47-17-18-48-40-10-2-6-14-44(40)52-30-34-26-37(25-33(55-34)29-51-43)58-23-21-57-22-24-59-38-27-35-31-53-45-15-7-3-11-41(45)49-19-20-50-42-12-4-8-16-46(42)54-32-36(28-38)56-35;;;;;;;/h25-28,39-54H,1-24,29-32H2;1H4;4*1H;;/q;;;;;;2*+2/p-4/t39-,40-,41-,42-,43-,44-,45-,46-;;;;;;;/m1......./s1. The summed E-state index contributed by atoms with van der Waals surface area (Å²) in [6.45, 7) is 8.94. The van der Waals surface area contributed by atoms with E-state index in [1.54, 1.807) is 0 Å². The molecule has 6 aliphatic rings. The predicted octanol–water partition coefficient (Wildman–Crippen LogP) is 8.76. The Hall–Kier alpha value is 0.839. The van der Waals surface area contributed by atoms with Crippen molar-refractivity contribution >= 4 is 63.9 Å². The number of hydrogen-bond acceptors (Lipinski definition) is 13. The Morgan fingerprint density at radius 3 is 0.894 bits per heavy atom. The molecule has 11 nitrogen and oxygen atoms in total. The number of ether oxygens (including phenoxy) is 1. The van der Waals surface area contributed by atoms with E-state index >= 15 is 0 Å². The van der Waals surface area contributed by atoms with Crippen molar-refractivity contribution in [1.82, 2.24) is 52.5 Å². The van der Waals surface area contributed by atoms with Gasteiger partial charge in [0.2, 0.25) is 0 Å². The Morgan fingerprint density at radius 1 is 0.424 bits per heavy atom. The molecule has 0 aromatic carbocycles. The van der Waals surface area contributed by atoms with Crippen LogP contribution in [-0.2, 0) is 57.2 Å². The van der Waals surface area contributed by atoms with Crippen molar-refractivity contribution in [3.05, 3.63) is 47.0 Å². The third kappa shape index (κ3) is 20.8. The molecule has 0 spiro atoms. The molecule has 66 heavy (non-hydrogen) atoms. The van der Waals surface area contributed by atoms with Gasteiger partial charge >= 0.3 is 66.7 Å². The zero-order chi connectivity index (χ0) is 45.3. The number of nitrogens with one attached hydrogen (secondary N) is 8. The minimum absolute atomic E-state index is 0. The summed E-state index contributed by atoms with van der Waals surface area (Å²) in [5, 5.41) is 31.3. The molecule has 0 unspecified atom stereocenters. The minimum atomic E-state index is 0. The van der Waals surface area contributed by atoms with Crippen molar-refractivity contribution in [2.24, 2.45) is 0 Å². The first-order valence-electron chi connectivity index (χ1n) is 24.5. The summed E-state index contributed by atoms with van der Waals surface area (Å²) in [6.07, 6.45) is 20.5. The summed E-state index contributed by atoms with van der Waals surface area (Å²) in [6, 6.07) is 13.4. The number of nitrogens with zero attached hydrogens (tertiary/aromatic N) is 2. The van der Waals surface area contributed by atoms with Crippen molar-refractivity contribution in [1.29, 1.82) is 0 Å². The van der Waals surface area contributed by atoms with Gasteiger partial charge in [-0.1, -0.05) is 58.8 Å². The average molecular weight is 1120 g/mol. The van der Waals surface area contributed by atoms with Crippen LogP contribution in [0.3, 0.4) is 0 Å². The fourth-order valence-electron chi connectivity index (χ4n) is 10.8. The predicted molar refractivity (Wildman–Crippen MR) is 274 cm³/mol.